The second-order valence-electron chi connectivity index (χ2n) is 7.75. The summed E-state index contributed by atoms with van der Waals surface area (Å²) >= 11 is 12.0. The highest BCUT2D eigenvalue weighted by molar-refractivity contribution is 7.89. The third kappa shape index (κ3) is 8.36. The van der Waals surface area contributed by atoms with Crippen LogP contribution < -0.4 is 15.4 Å². The zero-order chi connectivity index (χ0) is 25.3. The molecule has 0 aliphatic heterocycles. The molecule has 0 heterocycles. The summed E-state index contributed by atoms with van der Waals surface area (Å²) in [5.41, 5.74) is 1.77. The van der Waals surface area contributed by atoms with E-state index in [1.165, 1.54) is 18.2 Å². The van der Waals surface area contributed by atoms with Crippen molar-refractivity contribution in [3.63, 3.8) is 0 Å². The van der Waals surface area contributed by atoms with Crippen LogP contribution in [0.2, 0.25) is 10.0 Å². The van der Waals surface area contributed by atoms with Crippen LogP contribution in [0.3, 0.4) is 0 Å². The molecule has 0 saturated heterocycles. The molecule has 0 fully saturated rings. The highest BCUT2D eigenvalue weighted by Gasteiger charge is 2.28. The van der Waals surface area contributed by atoms with Crippen molar-refractivity contribution in [3.8, 4) is 0 Å². The van der Waals surface area contributed by atoms with Gasteiger partial charge in [0.05, 0.1) is 5.02 Å². The van der Waals surface area contributed by atoms with Crippen molar-refractivity contribution < 1.29 is 18.0 Å². The number of halogens is 2. The molecule has 0 radical (unpaired) electrons. The third-order valence-electron chi connectivity index (χ3n) is 5.10. The highest BCUT2D eigenvalue weighted by Crippen LogP contribution is 2.25. The van der Waals surface area contributed by atoms with E-state index >= 15 is 0 Å². The van der Waals surface area contributed by atoms with E-state index in [2.05, 4.69) is 15.4 Å². The molecule has 10 heteroatoms. The summed E-state index contributed by atoms with van der Waals surface area (Å²) in [4.78, 5) is 25.1. The SMILES string of the molecule is O=C(CCC(NS(=O)(=O)c1cc(Cl)ccc1Cl)C(=O)NCc1ccccc1)NCc1ccccc1. The summed E-state index contributed by atoms with van der Waals surface area (Å²) in [7, 11) is -4.20. The zero-order valence-electron chi connectivity index (χ0n) is 18.7. The normalized spacial score (nSPS) is 12.1. The van der Waals surface area contributed by atoms with Crippen LogP contribution in [0.15, 0.2) is 83.8 Å². The second kappa shape index (κ2) is 12.7. The number of rotatable bonds is 11. The van der Waals surface area contributed by atoms with Gasteiger partial charge in [0.1, 0.15) is 10.9 Å². The third-order valence-corrected chi connectivity index (χ3v) is 7.29. The van der Waals surface area contributed by atoms with Gasteiger partial charge in [-0.3, -0.25) is 9.59 Å². The molecule has 0 aromatic heterocycles. The van der Waals surface area contributed by atoms with Gasteiger partial charge in [0, 0.05) is 24.5 Å². The Kier molecular flexibility index (Phi) is 9.68. The fourth-order valence-corrected chi connectivity index (χ4v) is 5.24. The Balaban J connectivity index is 1.69. The topological polar surface area (TPSA) is 104 Å². The van der Waals surface area contributed by atoms with E-state index in [4.69, 9.17) is 23.2 Å². The molecule has 0 aliphatic rings. The molecule has 3 rings (SSSR count). The number of nitrogens with one attached hydrogen (secondary N) is 3. The largest absolute Gasteiger partial charge is 0.352 e. The van der Waals surface area contributed by atoms with Crippen molar-refractivity contribution in [2.75, 3.05) is 0 Å². The lowest BCUT2D eigenvalue weighted by Crippen LogP contribution is -2.47. The second-order valence-corrected chi connectivity index (χ2v) is 10.3. The fourth-order valence-electron chi connectivity index (χ4n) is 3.25. The summed E-state index contributed by atoms with van der Waals surface area (Å²) in [5, 5.41) is 5.64. The number of amides is 2. The monoisotopic (exact) mass is 533 g/mol. The Labute approximate surface area is 214 Å². The molecular weight excluding hydrogens is 509 g/mol. The summed E-state index contributed by atoms with van der Waals surface area (Å²) in [6, 6.07) is 21.4. The van der Waals surface area contributed by atoms with Crippen LogP contribution in [0.1, 0.15) is 24.0 Å². The van der Waals surface area contributed by atoms with E-state index in [1.807, 2.05) is 60.7 Å². The molecule has 3 aromatic carbocycles. The Morgan fingerprint density at radius 1 is 0.800 bits per heavy atom. The summed E-state index contributed by atoms with van der Waals surface area (Å²) in [6.45, 7) is 0.532. The maximum Gasteiger partial charge on any atom is 0.242 e. The molecule has 35 heavy (non-hydrogen) atoms. The molecule has 1 unspecified atom stereocenters. The average Bonchev–Trinajstić information content (AvgIpc) is 2.86. The molecule has 2 amide bonds. The molecule has 0 aliphatic carbocycles. The van der Waals surface area contributed by atoms with Gasteiger partial charge in [-0.15, -0.1) is 0 Å². The summed E-state index contributed by atoms with van der Waals surface area (Å²) in [6.07, 6.45) is -0.124. The van der Waals surface area contributed by atoms with Gasteiger partial charge in [-0.1, -0.05) is 83.9 Å². The standard InChI is InChI=1S/C25H25Cl2N3O4S/c26-20-11-12-21(27)23(15-20)35(33,34)30-22(25(32)29-17-19-9-5-2-6-10-19)13-14-24(31)28-16-18-7-3-1-4-8-18/h1-12,15,22,30H,13-14,16-17H2,(H,28,31)(H,29,32). The minimum Gasteiger partial charge on any atom is -0.352 e. The Hall–Kier alpha value is -2.91. The Morgan fingerprint density at radius 3 is 1.97 bits per heavy atom. The lowest BCUT2D eigenvalue weighted by Gasteiger charge is -2.19. The van der Waals surface area contributed by atoms with E-state index in [0.717, 1.165) is 11.1 Å². The van der Waals surface area contributed by atoms with Gasteiger partial charge in [-0.2, -0.15) is 4.72 Å². The predicted molar refractivity (Wildman–Crippen MR) is 136 cm³/mol. The van der Waals surface area contributed by atoms with Gasteiger partial charge >= 0.3 is 0 Å². The summed E-state index contributed by atoms with van der Waals surface area (Å²) < 4.78 is 28.4. The molecular formula is C25H25Cl2N3O4S. The first kappa shape index (κ1) is 26.7. The smallest absolute Gasteiger partial charge is 0.242 e. The van der Waals surface area contributed by atoms with Crippen LogP contribution in [-0.4, -0.2) is 26.3 Å². The minimum atomic E-state index is -4.20. The highest BCUT2D eigenvalue weighted by atomic mass is 35.5. The molecule has 7 nitrogen and oxygen atoms in total. The van der Waals surface area contributed by atoms with Crippen molar-refractivity contribution in [1.29, 1.82) is 0 Å². The van der Waals surface area contributed by atoms with Crippen molar-refractivity contribution >= 4 is 45.0 Å². The van der Waals surface area contributed by atoms with Gasteiger partial charge in [-0.25, -0.2) is 8.42 Å². The fraction of sp³-hybridized carbons (Fsp3) is 0.200. The first-order chi connectivity index (χ1) is 16.7. The van der Waals surface area contributed by atoms with Crippen LogP contribution in [0.25, 0.3) is 0 Å². The van der Waals surface area contributed by atoms with Gasteiger partial charge in [0.2, 0.25) is 21.8 Å². The number of hydrogen-bond donors (Lipinski definition) is 3. The predicted octanol–water partition coefficient (Wildman–Crippen LogP) is 4.05. The molecule has 1 atom stereocenters. The quantitative estimate of drug-likeness (QED) is 0.345. The van der Waals surface area contributed by atoms with Crippen molar-refractivity contribution in [3.05, 3.63) is 100 Å². The Morgan fingerprint density at radius 2 is 1.37 bits per heavy atom. The first-order valence-electron chi connectivity index (χ1n) is 10.8. The molecule has 3 aromatic rings. The van der Waals surface area contributed by atoms with Crippen LogP contribution >= 0.6 is 23.2 Å². The van der Waals surface area contributed by atoms with E-state index in [0.29, 0.717) is 6.54 Å². The molecule has 3 N–H and O–H groups in total. The van der Waals surface area contributed by atoms with Crippen LogP contribution in [0, 0.1) is 0 Å². The van der Waals surface area contributed by atoms with Crippen molar-refractivity contribution in [2.24, 2.45) is 0 Å². The lowest BCUT2D eigenvalue weighted by molar-refractivity contribution is -0.124. The molecule has 0 spiro atoms. The van der Waals surface area contributed by atoms with E-state index < -0.39 is 22.0 Å². The van der Waals surface area contributed by atoms with Crippen LogP contribution in [-0.2, 0) is 32.7 Å². The van der Waals surface area contributed by atoms with Crippen molar-refractivity contribution in [1.82, 2.24) is 15.4 Å². The van der Waals surface area contributed by atoms with Gasteiger partial charge in [-0.05, 0) is 35.7 Å². The number of carbonyl (C=O) groups excluding carboxylic acids is 2. The lowest BCUT2D eigenvalue weighted by atomic mass is 10.1. The number of sulfonamides is 1. The number of benzene rings is 3. The van der Waals surface area contributed by atoms with Crippen molar-refractivity contribution in [2.45, 2.75) is 36.9 Å². The summed E-state index contributed by atoms with van der Waals surface area (Å²) in [5.74, 6) is -0.874. The molecule has 0 bridgehead atoms. The molecule has 184 valence electrons. The van der Waals surface area contributed by atoms with Crippen LogP contribution in [0.4, 0.5) is 0 Å². The van der Waals surface area contributed by atoms with Gasteiger partial charge < -0.3 is 10.6 Å². The number of hydrogen-bond acceptors (Lipinski definition) is 4. The maximum atomic E-state index is 13.0. The minimum absolute atomic E-state index is 0.0362. The first-order valence-corrected chi connectivity index (χ1v) is 13.1. The average molecular weight is 534 g/mol. The van der Waals surface area contributed by atoms with E-state index in [-0.39, 0.29) is 40.2 Å². The molecule has 0 saturated carbocycles. The Bertz CT molecular complexity index is 1260. The van der Waals surface area contributed by atoms with Gasteiger partial charge in [0.15, 0.2) is 0 Å². The van der Waals surface area contributed by atoms with Crippen LogP contribution in [0.5, 0.6) is 0 Å². The van der Waals surface area contributed by atoms with Gasteiger partial charge in [0.25, 0.3) is 0 Å². The number of carbonyl (C=O) groups is 2. The maximum absolute atomic E-state index is 13.0. The van der Waals surface area contributed by atoms with E-state index in [9.17, 15) is 18.0 Å². The van der Waals surface area contributed by atoms with E-state index in [1.54, 1.807) is 0 Å². The zero-order valence-corrected chi connectivity index (χ0v) is 21.0.